The van der Waals surface area contributed by atoms with Gasteiger partial charge in [0, 0.05) is 6.54 Å². The van der Waals surface area contributed by atoms with E-state index >= 15 is 0 Å². The molecule has 0 aliphatic heterocycles. The van der Waals surface area contributed by atoms with Crippen LogP contribution in [0.15, 0.2) is 41.8 Å². The van der Waals surface area contributed by atoms with Gasteiger partial charge in [-0.05, 0) is 35.7 Å². The van der Waals surface area contributed by atoms with Crippen LogP contribution in [0.1, 0.15) is 20.0 Å². The maximum Gasteiger partial charge on any atom is 0.337 e. The minimum atomic E-state index is -3.54. The molecule has 0 radical (unpaired) electrons. The summed E-state index contributed by atoms with van der Waals surface area (Å²) in [6, 6.07) is 9.49. The van der Waals surface area contributed by atoms with Crippen LogP contribution in [0, 0.1) is 0 Å². The van der Waals surface area contributed by atoms with Gasteiger partial charge >= 0.3 is 5.97 Å². The third kappa shape index (κ3) is 5.04. The molecule has 0 spiro atoms. The van der Waals surface area contributed by atoms with Gasteiger partial charge in [0.15, 0.2) is 0 Å². The van der Waals surface area contributed by atoms with Gasteiger partial charge in [-0.25, -0.2) is 13.2 Å². The van der Waals surface area contributed by atoms with Crippen LogP contribution in [0.25, 0.3) is 0 Å². The summed E-state index contributed by atoms with van der Waals surface area (Å²) in [6.45, 7) is 0.232. The Labute approximate surface area is 150 Å². The molecule has 25 heavy (non-hydrogen) atoms. The molecule has 7 nitrogen and oxygen atoms in total. The molecule has 1 aromatic carbocycles. The van der Waals surface area contributed by atoms with Crippen molar-refractivity contribution in [2.24, 2.45) is 0 Å². The number of ether oxygens (including phenoxy) is 1. The highest BCUT2D eigenvalue weighted by Crippen LogP contribution is 2.18. The molecule has 134 valence electrons. The Balaban J connectivity index is 2.06. The van der Waals surface area contributed by atoms with Crippen molar-refractivity contribution in [3.63, 3.8) is 0 Å². The Morgan fingerprint density at radius 1 is 1.20 bits per heavy atom. The van der Waals surface area contributed by atoms with Crippen molar-refractivity contribution in [1.29, 1.82) is 0 Å². The van der Waals surface area contributed by atoms with E-state index in [0.29, 0.717) is 16.1 Å². The number of sulfonamides is 1. The fraction of sp³-hybridized carbons (Fsp3) is 0.250. The second kappa shape index (κ2) is 8.13. The molecule has 0 aliphatic carbocycles. The monoisotopic (exact) mass is 382 g/mol. The first-order valence-electron chi connectivity index (χ1n) is 7.30. The van der Waals surface area contributed by atoms with Gasteiger partial charge in [0.05, 0.1) is 36.0 Å². The minimum absolute atomic E-state index is 0.0769. The third-order valence-corrected chi connectivity index (χ3v) is 5.38. The summed E-state index contributed by atoms with van der Waals surface area (Å²) in [7, 11) is -2.27. The number of rotatable bonds is 7. The van der Waals surface area contributed by atoms with Crippen LogP contribution in [0.3, 0.4) is 0 Å². The molecule has 2 rings (SSSR count). The zero-order valence-corrected chi connectivity index (χ0v) is 15.4. The number of thiophene rings is 1. The van der Waals surface area contributed by atoms with Crippen molar-refractivity contribution < 1.29 is 22.7 Å². The summed E-state index contributed by atoms with van der Waals surface area (Å²) >= 11 is 1.31. The van der Waals surface area contributed by atoms with Crippen molar-refractivity contribution in [1.82, 2.24) is 5.32 Å². The molecule has 9 heteroatoms. The van der Waals surface area contributed by atoms with E-state index in [1.54, 1.807) is 17.5 Å². The molecule has 0 saturated carbocycles. The molecule has 1 amide bonds. The smallest absolute Gasteiger partial charge is 0.337 e. The highest BCUT2D eigenvalue weighted by molar-refractivity contribution is 7.92. The first-order valence-corrected chi connectivity index (χ1v) is 10.0. The second-order valence-corrected chi connectivity index (χ2v) is 7.96. The molecule has 1 N–H and O–H groups in total. The minimum Gasteiger partial charge on any atom is -0.465 e. The Hall–Kier alpha value is -2.39. The van der Waals surface area contributed by atoms with Gasteiger partial charge in [-0.2, -0.15) is 0 Å². The molecule has 0 bridgehead atoms. The van der Waals surface area contributed by atoms with E-state index < -0.39 is 16.0 Å². The van der Waals surface area contributed by atoms with Crippen molar-refractivity contribution in [2.75, 3.05) is 30.8 Å². The van der Waals surface area contributed by atoms with E-state index in [1.165, 1.54) is 47.0 Å². The fourth-order valence-corrected chi connectivity index (χ4v) is 3.70. The first kappa shape index (κ1) is 18.9. The predicted molar refractivity (Wildman–Crippen MR) is 96.6 cm³/mol. The highest BCUT2D eigenvalue weighted by atomic mass is 32.2. The number of carbonyl (C=O) groups excluding carboxylic acids is 2. The molecule has 0 unspecified atom stereocenters. The van der Waals surface area contributed by atoms with E-state index in [2.05, 4.69) is 10.1 Å². The Bertz CT molecular complexity index is 830. The summed E-state index contributed by atoms with van der Waals surface area (Å²) in [5.41, 5.74) is 0.728. The quantitative estimate of drug-likeness (QED) is 0.736. The van der Waals surface area contributed by atoms with Crippen molar-refractivity contribution in [3.8, 4) is 0 Å². The molecule has 2 aromatic rings. The lowest BCUT2D eigenvalue weighted by molar-refractivity contribution is 0.0600. The molecule has 0 saturated heterocycles. The number of nitrogens with zero attached hydrogens (tertiary/aromatic N) is 1. The molecular weight excluding hydrogens is 364 g/mol. The normalized spacial score (nSPS) is 11.0. The largest absolute Gasteiger partial charge is 0.465 e. The van der Waals surface area contributed by atoms with Gasteiger partial charge in [-0.15, -0.1) is 11.3 Å². The molecule has 0 fully saturated rings. The fourth-order valence-electron chi connectivity index (χ4n) is 2.13. The summed E-state index contributed by atoms with van der Waals surface area (Å²) in [5, 5.41) is 4.48. The number of esters is 1. The van der Waals surface area contributed by atoms with Gasteiger partial charge in [0.1, 0.15) is 0 Å². The summed E-state index contributed by atoms with van der Waals surface area (Å²) < 4.78 is 29.9. The number of carbonyl (C=O) groups is 2. The van der Waals surface area contributed by atoms with Gasteiger partial charge in [0.25, 0.3) is 5.91 Å². The maximum absolute atomic E-state index is 12.0. The highest BCUT2D eigenvalue weighted by Gasteiger charge is 2.18. The third-order valence-electron chi connectivity index (χ3n) is 3.32. The van der Waals surface area contributed by atoms with Gasteiger partial charge in [-0.1, -0.05) is 6.07 Å². The van der Waals surface area contributed by atoms with Crippen LogP contribution in [-0.2, 0) is 14.8 Å². The van der Waals surface area contributed by atoms with Crippen LogP contribution >= 0.6 is 11.3 Å². The second-order valence-electron chi connectivity index (χ2n) is 5.11. The van der Waals surface area contributed by atoms with Gasteiger partial charge in [-0.3, -0.25) is 9.10 Å². The number of methoxy groups -OCH3 is 1. The Morgan fingerprint density at radius 3 is 2.40 bits per heavy atom. The summed E-state index contributed by atoms with van der Waals surface area (Å²) in [6.07, 6.45) is 1.09. The van der Waals surface area contributed by atoms with E-state index in [9.17, 15) is 18.0 Å². The van der Waals surface area contributed by atoms with Gasteiger partial charge in [0.2, 0.25) is 10.0 Å². The van der Waals surface area contributed by atoms with Crippen LogP contribution in [0.4, 0.5) is 5.69 Å². The number of anilines is 1. The standard InChI is InChI=1S/C16H18N2O5S2/c1-23-16(20)12-5-7-13(8-6-12)18(25(2,21)22)10-9-17-15(19)14-4-3-11-24-14/h3-8,11H,9-10H2,1-2H3,(H,17,19). The number of hydrogen-bond acceptors (Lipinski definition) is 6. The average Bonchev–Trinajstić information content (AvgIpc) is 3.11. The van der Waals surface area contributed by atoms with Crippen LogP contribution < -0.4 is 9.62 Å². The van der Waals surface area contributed by atoms with Crippen LogP contribution in [0.2, 0.25) is 0 Å². The summed E-state index contributed by atoms with van der Waals surface area (Å²) in [4.78, 5) is 23.9. The zero-order valence-electron chi connectivity index (χ0n) is 13.8. The first-order chi connectivity index (χ1) is 11.8. The molecule has 0 atom stereocenters. The van der Waals surface area contributed by atoms with E-state index in [0.717, 1.165) is 6.26 Å². The summed E-state index contributed by atoms with van der Waals surface area (Å²) in [5.74, 6) is -0.745. The number of nitrogens with one attached hydrogen (secondary N) is 1. The number of benzene rings is 1. The lowest BCUT2D eigenvalue weighted by Crippen LogP contribution is -2.38. The Morgan fingerprint density at radius 2 is 1.88 bits per heavy atom. The number of hydrogen-bond donors (Lipinski definition) is 1. The topological polar surface area (TPSA) is 92.8 Å². The van der Waals surface area contributed by atoms with E-state index in [4.69, 9.17) is 0 Å². The average molecular weight is 382 g/mol. The molecular formula is C16H18N2O5S2. The van der Waals surface area contributed by atoms with Crippen molar-refractivity contribution in [2.45, 2.75) is 0 Å². The van der Waals surface area contributed by atoms with E-state index in [1.807, 2.05) is 0 Å². The zero-order chi connectivity index (χ0) is 18.4. The van der Waals surface area contributed by atoms with Gasteiger partial charge < -0.3 is 10.1 Å². The Kier molecular flexibility index (Phi) is 6.16. The van der Waals surface area contributed by atoms with Crippen molar-refractivity contribution in [3.05, 3.63) is 52.2 Å². The van der Waals surface area contributed by atoms with Crippen LogP contribution in [0.5, 0.6) is 0 Å². The molecule has 1 heterocycles. The predicted octanol–water partition coefficient (Wildman–Crippen LogP) is 1.73. The van der Waals surface area contributed by atoms with Crippen LogP contribution in [-0.4, -0.2) is 46.7 Å². The lowest BCUT2D eigenvalue weighted by atomic mass is 10.2. The van der Waals surface area contributed by atoms with Crippen molar-refractivity contribution >= 4 is 38.9 Å². The van der Waals surface area contributed by atoms with E-state index in [-0.39, 0.29) is 19.0 Å². The SMILES string of the molecule is COC(=O)c1ccc(N(CCNC(=O)c2cccs2)S(C)(=O)=O)cc1. The maximum atomic E-state index is 12.0. The lowest BCUT2D eigenvalue weighted by Gasteiger charge is -2.22. The number of amides is 1. The molecule has 0 aliphatic rings. The molecule has 1 aromatic heterocycles.